The topological polar surface area (TPSA) is 38.0 Å². The fraction of sp³-hybridized carbons (Fsp3) is 1.00. The Hall–Kier alpha value is -0.0800. The average molecular weight is 194 g/mol. The van der Waals surface area contributed by atoms with Gasteiger partial charge in [-0.15, -0.1) is 0 Å². The van der Waals surface area contributed by atoms with Crippen LogP contribution < -0.4 is 11.3 Å². The molecule has 0 heterocycles. The molecule has 0 aromatic heterocycles. The lowest BCUT2D eigenvalue weighted by Gasteiger charge is -2.65. The third kappa shape index (κ3) is 1.10. The van der Waals surface area contributed by atoms with Crippen LogP contribution in [0.3, 0.4) is 0 Å². The maximum absolute atomic E-state index is 5.80. The van der Waals surface area contributed by atoms with Gasteiger partial charge in [0.05, 0.1) is 0 Å². The van der Waals surface area contributed by atoms with E-state index < -0.39 is 0 Å². The van der Waals surface area contributed by atoms with E-state index in [1.54, 1.807) is 0 Å². The van der Waals surface area contributed by atoms with Gasteiger partial charge in [0.1, 0.15) is 0 Å². The van der Waals surface area contributed by atoms with Gasteiger partial charge < -0.3 is 0 Å². The summed E-state index contributed by atoms with van der Waals surface area (Å²) < 4.78 is 0. The molecule has 2 nitrogen and oxygen atoms in total. The van der Waals surface area contributed by atoms with Crippen molar-refractivity contribution in [2.75, 3.05) is 0 Å². The number of hydrogen-bond donors (Lipinski definition) is 2. The standard InChI is InChI=1S/C12H22N2/c1-10-3-9-4-11(2,6-10)8-12(5-9,7-10)14-13/h9,14H,3-8,13H2,1-2H3. The van der Waals surface area contributed by atoms with Crippen LogP contribution >= 0.6 is 0 Å². The molecule has 4 aliphatic rings. The molecular weight excluding hydrogens is 172 g/mol. The van der Waals surface area contributed by atoms with Gasteiger partial charge in [-0.1, -0.05) is 13.8 Å². The Labute approximate surface area is 86.6 Å². The summed E-state index contributed by atoms with van der Waals surface area (Å²) in [6.45, 7) is 4.95. The Balaban J connectivity index is 2.01. The van der Waals surface area contributed by atoms with Crippen molar-refractivity contribution in [2.24, 2.45) is 22.6 Å². The SMILES string of the molecule is CC12CC3CC(C)(C1)CC(NN)(C3)C2. The summed E-state index contributed by atoms with van der Waals surface area (Å²) in [5.41, 5.74) is 4.62. The molecule has 80 valence electrons. The zero-order valence-corrected chi connectivity index (χ0v) is 9.40. The summed E-state index contributed by atoms with van der Waals surface area (Å²) in [6, 6.07) is 0. The second-order valence-corrected chi connectivity index (χ2v) is 7.05. The number of hydrogen-bond acceptors (Lipinski definition) is 2. The minimum absolute atomic E-state index is 0.295. The maximum Gasteiger partial charge on any atom is 0.0334 e. The van der Waals surface area contributed by atoms with Crippen LogP contribution in [0.5, 0.6) is 0 Å². The lowest BCUT2D eigenvalue weighted by Crippen LogP contribution is -2.65. The van der Waals surface area contributed by atoms with Crippen LogP contribution in [0.1, 0.15) is 52.4 Å². The Morgan fingerprint density at radius 2 is 1.57 bits per heavy atom. The summed E-state index contributed by atoms with van der Waals surface area (Å²) in [4.78, 5) is 0. The van der Waals surface area contributed by atoms with E-state index in [0.717, 1.165) is 5.92 Å². The largest absolute Gasteiger partial charge is 0.271 e. The van der Waals surface area contributed by atoms with E-state index in [1.165, 1.54) is 38.5 Å². The van der Waals surface area contributed by atoms with Gasteiger partial charge in [-0.25, -0.2) is 0 Å². The molecule has 4 fully saturated rings. The van der Waals surface area contributed by atoms with Gasteiger partial charge in [-0.2, -0.15) is 0 Å². The zero-order valence-electron chi connectivity index (χ0n) is 9.40. The molecule has 0 saturated heterocycles. The van der Waals surface area contributed by atoms with Crippen molar-refractivity contribution in [1.29, 1.82) is 0 Å². The van der Waals surface area contributed by atoms with E-state index in [1.807, 2.05) is 0 Å². The van der Waals surface area contributed by atoms with Crippen molar-refractivity contribution < 1.29 is 0 Å². The van der Waals surface area contributed by atoms with E-state index in [-0.39, 0.29) is 0 Å². The fourth-order valence-corrected chi connectivity index (χ4v) is 5.61. The number of nitrogens with two attached hydrogens (primary N) is 1. The highest BCUT2D eigenvalue weighted by molar-refractivity contribution is 5.13. The van der Waals surface area contributed by atoms with E-state index in [9.17, 15) is 0 Å². The Kier molecular flexibility index (Phi) is 1.54. The molecule has 4 bridgehead atoms. The molecule has 3 N–H and O–H groups in total. The van der Waals surface area contributed by atoms with Gasteiger partial charge in [0.15, 0.2) is 0 Å². The average Bonchev–Trinajstić information content (AvgIpc) is 1.97. The fourth-order valence-electron chi connectivity index (χ4n) is 5.61. The van der Waals surface area contributed by atoms with E-state index in [2.05, 4.69) is 19.3 Å². The van der Waals surface area contributed by atoms with E-state index in [4.69, 9.17) is 5.84 Å². The summed E-state index contributed by atoms with van der Waals surface area (Å²) in [7, 11) is 0. The molecule has 0 spiro atoms. The van der Waals surface area contributed by atoms with Crippen molar-refractivity contribution in [1.82, 2.24) is 5.43 Å². The minimum atomic E-state index is 0.295. The molecule has 2 unspecified atom stereocenters. The highest BCUT2D eigenvalue weighted by atomic mass is 15.3. The third-order valence-corrected chi connectivity index (χ3v) is 4.93. The first-order valence-electron chi connectivity index (χ1n) is 5.95. The third-order valence-electron chi connectivity index (χ3n) is 4.93. The van der Waals surface area contributed by atoms with Crippen LogP contribution in [0.2, 0.25) is 0 Å². The van der Waals surface area contributed by atoms with Crippen LogP contribution in [0, 0.1) is 16.7 Å². The predicted molar refractivity (Wildman–Crippen MR) is 57.5 cm³/mol. The van der Waals surface area contributed by atoms with Gasteiger partial charge in [0.25, 0.3) is 0 Å². The van der Waals surface area contributed by atoms with E-state index >= 15 is 0 Å². The first kappa shape index (κ1) is 9.17. The number of rotatable bonds is 1. The summed E-state index contributed by atoms with van der Waals surface area (Å²) >= 11 is 0. The molecule has 4 aliphatic carbocycles. The van der Waals surface area contributed by atoms with Crippen molar-refractivity contribution in [3.8, 4) is 0 Å². The lowest BCUT2D eigenvalue weighted by molar-refractivity contribution is -0.117. The van der Waals surface area contributed by atoms with E-state index in [0.29, 0.717) is 16.4 Å². The van der Waals surface area contributed by atoms with Crippen molar-refractivity contribution in [3.63, 3.8) is 0 Å². The Morgan fingerprint density at radius 3 is 2.00 bits per heavy atom. The van der Waals surface area contributed by atoms with Gasteiger partial charge in [0, 0.05) is 5.54 Å². The van der Waals surface area contributed by atoms with Crippen molar-refractivity contribution in [3.05, 3.63) is 0 Å². The van der Waals surface area contributed by atoms with Crippen LogP contribution in [-0.2, 0) is 0 Å². The normalized spacial score (nSPS) is 60.6. The minimum Gasteiger partial charge on any atom is -0.271 e. The molecule has 14 heavy (non-hydrogen) atoms. The lowest BCUT2D eigenvalue weighted by atomic mass is 9.43. The highest BCUT2D eigenvalue weighted by Crippen LogP contribution is 2.65. The molecule has 2 atom stereocenters. The van der Waals surface area contributed by atoms with Gasteiger partial charge in [-0.05, 0) is 55.3 Å². The predicted octanol–water partition coefficient (Wildman–Crippen LogP) is 2.20. The highest BCUT2D eigenvalue weighted by Gasteiger charge is 2.59. The zero-order chi connectivity index (χ0) is 10.0. The Morgan fingerprint density at radius 1 is 1.00 bits per heavy atom. The number of hydrazine groups is 1. The molecule has 0 aromatic carbocycles. The van der Waals surface area contributed by atoms with Gasteiger partial charge in [-0.3, -0.25) is 11.3 Å². The van der Waals surface area contributed by atoms with Gasteiger partial charge >= 0.3 is 0 Å². The van der Waals surface area contributed by atoms with Crippen molar-refractivity contribution >= 4 is 0 Å². The molecule has 0 amide bonds. The monoisotopic (exact) mass is 194 g/mol. The molecular formula is C12H22N2. The van der Waals surface area contributed by atoms with Crippen LogP contribution in [0.4, 0.5) is 0 Å². The van der Waals surface area contributed by atoms with Gasteiger partial charge in [0.2, 0.25) is 0 Å². The molecule has 0 aliphatic heterocycles. The summed E-state index contributed by atoms with van der Waals surface area (Å²) in [5, 5.41) is 0. The molecule has 4 rings (SSSR count). The van der Waals surface area contributed by atoms with Crippen molar-refractivity contribution in [2.45, 2.75) is 57.9 Å². The second kappa shape index (κ2) is 2.35. The summed E-state index contributed by atoms with van der Waals surface area (Å²) in [6.07, 6.45) is 8.28. The smallest absolute Gasteiger partial charge is 0.0334 e. The molecule has 2 heteroatoms. The van der Waals surface area contributed by atoms with Crippen LogP contribution in [-0.4, -0.2) is 5.54 Å². The van der Waals surface area contributed by atoms with Crippen LogP contribution in [0.25, 0.3) is 0 Å². The molecule has 4 saturated carbocycles. The molecule has 0 aromatic rings. The molecule has 0 radical (unpaired) electrons. The first-order valence-corrected chi connectivity index (χ1v) is 5.95. The van der Waals surface area contributed by atoms with Crippen LogP contribution in [0.15, 0.2) is 0 Å². The second-order valence-electron chi connectivity index (χ2n) is 7.05. The summed E-state index contributed by atoms with van der Waals surface area (Å²) in [5.74, 6) is 6.74. The Bertz CT molecular complexity index is 255. The maximum atomic E-state index is 5.80. The quantitative estimate of drug-likeness (QED) is 0.496. The number of nitrogens with one attached hydrogen (secondary N) is 1. The first-order chi connectivity index (χ1) is 6.47.